The number of ether oxygens (including phenoxy) is 1. The lowest BCUT2D eigenvalue weighted by atomic mass is 9.98. The normalized spacial score (nSPS) is 25.1. The third-order valence-electron chi connectivity index (χ3n) is 6.06. The van der Waals surface area contributed by atoms with Gasteiger partial charge >= 0.3 is 0 Å². The van der Waals surface area contributed by atoms with Crippen LogP contribution in [0.15, 0.2) is 53.8 Å². The third-order valence-corrected chi connectivity index (χ3v) is 7.25. The number of piperidine rings is 1. The number of nitrogens with zero attached hydrogens (tertiary/aromatic N) is 3. The van der Waals surface area contributed by atoms with Crippen molar-refractivity contribution >= 4 is 11.8 Å². The van der Waals surface area contributed by atoms with E-state index in [2.05, 4.69) is 40.7 Å². The van der Waals surface area contributed by atoms with E-state index >= 15 is 0 Å². The Labute approximate surface area is 168 Å². The standard InChI is InChI=1S/C22H22N4OS/c1-8-23-26(9-1)17-4-5-19-14(10-17)13-27-22-20(19)6-7-21(25-22)28-18-11-15-2-3-16(12-18)24-15/h1,4-10,15-16,18,24H,2-3,11-13H2/t15-,16+,18?. The molecule has 0 spiro atoms. The molecule has 5 heterocycles. The molecule has 2 fully saturated rings. The van der Waals surface area contributed by atoms with E-state index in [1.807, 2.05) is 28.7 Å². The lowest BCUT2D eigenvalue weighted by Crippen LogP contribution is -2.39. The zero-order valence-corrected chi connectivity index (χ0v) is 16.4. The van der Waals surface area contributed by atoms with E-state index < -0.39 is 0 Å². The van der Waals surface area contributed by atoms with E-state index in [1.165, 1.54) is 36.8 Å². The number of nitrogens with one attached hydrogen (secondary N) is 1. The Morgan fingerprint density at radius 1 is 1.07 bits per heavy atom. The number of hydrogen-bond acceptors (Lipinski definition) is 5. The van der Waals surface area contributed by atoms with E-state index in [0.29, 0.717) is 23.9 Å². The molecular weight excluding hydrogens is 368 g/mol. The van der Waals surface area contributed by atoms with Gasteiger partial charge in [0.2, 0.25) is 5.88 Å². The van der Waals surface area contributed by atoms with Crippen LogP contribution in [0, 0.1) is 0 Å². The van der Waals surface area contributed by atoms with Crippen LogP contribution in [-0.2, 0) is 6.61 Å². The number of aromatic nitrogens is 3. The van der Waals surface area contributed by atoms with Gasteiger partial charge in [-0.3, -0.25) is 0 Å². The van der Waals surface area contributed by atoms with Gasteiger partial charge in [0.05, 0.1) is 5.69 Å². The van der Waals surface area contributed by atoms with Crippen molar-refractivity contribution in [3.63, 3.8) is 0 Å². The summed E-state index contributed by atoms with van der Waals surface area (Å²) < 4.78 is 7.92. The van der Waals surface area contributed by atoms with Crippen molar-refractivity contribution in [1.29, 1.82) is 0 Å². The van der Waals surface area contributed by atoms with Gasteiger partial charge in [-0.05, 0) is 67.1 Å². The van der Waals surface area contributed by atoms with Gasteiger partial charge in [0.15, 0.2) is 0 Å². The molecule has 142 valence electrons. The first-order chi connectivity index (χ1) is 13.8. The van der Waals surface area contributed by atoms with Gasteiger partial charge in [-0.15, -0.1) is 11.8 Å². The maximum atomic E-state index is 6.04. The molecule has 2 saturated heterocycles. The molecule has 1 aromatic carbocycles. The van der Waals surface area contributed by atoms with Crippen LogP contribution in [0.4, 0.5) is 0 Å². The van der Waals surface area contributed by atoms with Crippen LogP contribution in [0.2, 0.25) is 0 Å². The first kappa shape index (κ1) is 16.6. The second-order valence-corrected chi connectivity index (χ2v) is 9.25. The van der Waals surface area contributed by atoms with E-state index in [4.69, 9.17) is 9.72 Å². The van der Waals surface area contributed by atoms with Gasteiger partial charge in [0.25, 0.3) is 0 Å². The molecule has 5 nitrogen and oxygen atoms in total. The highest BCUT2D eigenvalue weighted by atomic mass is 32.2. The van der Waals surface area contributed by atoms with Gasteiger partial charge in [0, 0.05) is 35.3 Å². The zero-order valence-electron chi connectivity index (χ0n) is 15.5. The number of thioether (sulfide) groups is 1. The Bertz CT molecular complexity index is 1010. The van der Waals surface area contributed by atoms with Crippen molar-refractivity contribution < 1.29 is 4.74 Å². The minimum Gasteiger partial charge on any atom is -0.472 e. The molecule has 2 bridgehead atoms. The number of pyridine rings is 1. The molecule has 28 heavy (non-hydrogen) atoms. The quantitative estimate of drug-likeness (QED) is 0.726. The van der Waals surface area contributed by atoms with E-state index in [0.717, 1.165) is 22.2 Å². The highest BCUT2D eigenvalue weighted by Gasteiger charge is 2.34. The smallest absolute Gasteiger partial charge is 0.222 e. The van der Waals surface area contributed by atoms with Crippen LogP contribution in [0.1, 0.15) is 31.2 Å². The van der Waals surface area contributed by atoms with Crippen molar-refractivity contribution in [1.82, 2.24) is 20.1 Å². The molecule has 0 saturated carbocycles. The highest BCUT2D eigenvalue weighted by molar-refractivity contribution is 7.99. The van der Waals surface area contributed by atoms with Crippen molar-refractivity contribution in [2.24, 2.45) is 0 Å². The van der Waals surface area contributed by atoms with Crippen LogP contribution in [0.5, 0.6) is 5.88 Å². The van der Waals surface area contributed by atoms with Crippen molar-refractivity contribution in [2.45, 2.75) is 54.6 Å². The molecule has 3 atom stereocenters. The monoisotopic (exact) mass is 390 g/mol. The van der Waals surface area contributed by atoms with Crippen LogP contribution < -0.4 is 10.1 Å². The van der Waals surface area contributed by atoms with Crippen LogP contribution >= 0.6 is 11.8 Å². The fourth-order valence-corrected chi connectivity index (χ4v) is 6.03. The molecule has 3 aromatic rings. The Balaban J connectivity index is 1.26. The lowest BCUT2D eigenvalue weighted by Gasteiger charge is -2.28. The summed E-state index contributed by atoms with van der Waals surface area (Å²) in [6.45, 7) is 0.552. The summed E-state index contributed by atoms with van der Waals surface area (Å²) in [5.74, 6) is 0.765. The Hall–Kier alpha value is -2.31. The molecule has 0 aliphatic carbocycles. The average Bonchev–Trinajstić information content (AvgIpc) is 3.37. The molecule has 6 heteroatoms. The zero-order chi connectivity index (χ0) is 18.5. The van der Waals surface area contributed by atoms with E-state index in [9.17, 15) is 0 Å². The van der Waals surface area contributed by atoms with Crippen LogP contribution in [-0.4, -0.2) is 32.1 Å². The van der Waals surface area contributed by atoms with Crippen LogP contribution in [0.3, 0.4) is 0 Å². The van der Waals surface area contributed by atoms with Gasteiger partial charge < -0.3 is 10.1 Å². The molecule has 0 radical (unpaired) electrons. The lowest BCUT2D eigenvalue weighted by molar-refractivity contribution is 0.288. The minimum atomic E-state index is 0.552. The summed E-state index contributed by atoms with van der Waals surface area (Å²) in [6.07, 6.45) is 8.92. The summed E-state index contributed by atoms with van der Waals surface area (Å²) in [5, 5.41) is 9.78. The maximum absolute atomic E-state index is 6.04. The van der Waals surface area contributed by atoms with E-state index in [1.54, 1.807) is 6.20 Å². The molecule has 2 aromatic heterocycles. The third kappa shape index (κ3) is 2.91. The maximum Gasteiger partial charge on any atom is 0.222 e. The molecule has 0 amide bonds. The van der Waals surface area contributed by atoms with Gasteiger partial charge in [-0.25, -0.2) is 9.67 Å². The minimum absolute atomic E-state index is 0.552. The molecule has 1 unspecified atom stereocenters. The summed E-state index contributed by atoms with van der Waals surface area (Å²) in [6, 6.07) is 14.1. The molecular formula is C22H22N4OS. The van der Waals surface area contributed by atoms with Crippen molar-refractivity contribution in [3.8, 4) is 22.7 Å². The highest BCUT2D eigenvalue weighted by Crippen LogP contribution is 2.41. The van der Waals surface area contributed by atoms with Crippen LogP contribution in [0.25, 0.3) is 16.8 Å². The average molecular weight is 391 g/mol. The van der Waals surface area contributed by atoms with E-state index in [-0.39, 0.29) is 0 Å². The summed E-state index contributed by atoms with van der Waals surface area (Å²) in [4.78, 5) is 4.85. The summed E-state index contributed by atoms with van der Waals surface area (Å²) >= 11 is 1.92. The SMILES string of the molecule is c1cnn(-c2ccc3c(c2)COc2nc(SC4C[C@H]5CC[C@@H](C4)N5)ccc2-3)c1. The largest absolute Gasteiger partial charge is 0.472 e. The fraction of sp³-hybridized carbons (Fsp3) is 0.364. The predicted octanol–water partition coefficient (Wildman–Crippen LogP) is 4.20. The predicted molar refractivity (Wildman–Crippen MR) is 110 cm³/mol. The summed E-state index contributed by atoms with van der Waals surface area (Å²) in [5.41, 5.74) is 4.53. The number of rotatable bonds is 3. The molecule has 6 rings (SSSR count). The second-order valence-electron chi connectivity index (χ2n) is 7.93. The van der Waals surface area contributed by atoms with Gasteiger partial charge in [-0.2, -0.15) is 5.10 Å². The van der Waals surface area contributed by atoms with Crippen molar-refractivity contribution in [3.05, 3.63) is 54.4 Å². The Kier molecular flexibility index (Phi) is 3.94. The first-order valence-electron chi connectivity index (χ1n) is 10.0. The molecule has 3 aliphatic rings. The fourth-order valence-electron chi connectivity index (χ4n) is 4.75. The number of benzene rings is 1. The second kappa shape index (κ2) is 6.64. The topological polar surface area (TPSA) is 52.0 Å². The van der Waals surface area contributed by atoms with Gasteiger partial charge in [0.1, 0.15) is 11.6 Å². The first-order valence-corrected chi connectivity index (χ1v) is 10.9. The Morgan fingerprint density at radius 3 is 2.75 bits per heavy atom. The molecule has 3 aliphatic heterocycles. The Morgan fingerprint density at radius 2 is 1.93 bits per heavy atom. The van der Waals surface area contributed by atoms with Crippen molar-refractivity contribution in [2.75, 3.05) is 0 Å². The number of fused-ring (bicyclic) bond motifs is 5. The summed E-state index contributed by atoms with van der Waals surface area (Å²) in [7, 11) is 0. The molecule has 1 N–H and O–H groups in total. The van der Waals surface area contributed by atoms with Gasteiger partial charge in [-0.1, -0.05) is 6.07 Å². The number of hydrogen-bond donors (Lipinski definition) is 1.